The first-order valence-electron chi connectivity index (χ1n) is 7.45. The zero-order valence-electron chi connectivity index (χ0n) is 13.1. The third-order valence-electron chi connectivity index (χ3n) is 3.69. The van der Waals surface area contributed by atoms with Gasteiger partial charge in [-0.2, -0.15) is 9.61 Å². The Balaban J connectivity index is 1.92. The Morgan fingerprint density at radius 2 is 2.08 bits per heavy atom. The summed E-state index contributed by atoms with van der Waals surface area (Å²) in [6, 6.07) is 5.06. The van der Waals surface area contributed by atoms with Crippen LogP contribution in [0.3, 0.4) is 0 Å². The van der Waals surface area contributed by atoms with E-state index in [9.17, 15) is 14.0 Å². The molecule has 0 aliphatic heterocycles. The molecule has 6 nitrogen and oxygen atoms in total. The summed E-state index contributed by atoms with van der Waals surface area (Å²) < 4.78 is 14.1. The van der Waals surface area contributed by atoms with E-state index in [1.54, 1.807) is 0 Å². The van der Waals surface area contributed by atoms with Gasteiger partial charge in [0.25, 0.3) is 11.5 Å². The highest BCUT2D eigenvalue weighted by Crippen LogP contribution is 2.23. The van der Waals surface area contributed by atoms with Crippen LogP contribution in [0.1, 0.15) is 41.6 Å². The highest BCUT2D eigenvalue weighted by Gasteiger charge is 2.15. The molecule has 0 unspecified atom stereocenters. The number of rotatable bonds is 4. The van der Waals surface area contributed by atoms with Gasteiger partial charge in [-0.25, -0.2) is 9.37 Å². The summed E-state index contributed by atoms with van der Waals surface area (Å²) in [5, 5.41) is 7.62. The summed E-state index contributed by atoms with van der Waals surface area (Å²) in [4.78, 5) is 29.3. The standard InChI is InChI=1S/C16H15FN4O2S/c1-3-9(2)14-20-21-15(23)12(8-18-16(21)24-14)19-13(22)10-4-6-11(17)7-5-10/h4-9H,3H2,1-2H3,(H,19,22)/t9-/m1/s1. The van der Waals surface area contributed by atoms with E-state index in [1.807, 2.05) is 13.8 Å². The zero-order chi connectivity index (χ0) is 17.3. The second kappa shape index (κ2) is 6.48. The number of anilines is 1. The fourth-order valence-corrected chi connectivity index (χ4v) is 3.05. The van der Waals surface area contributed by atoms with Crippen LogP contribution >= 0.6 is 11.3 Å². The van der Waals surface area contributed by atoms with Crippen molar-refractivity contribution in [2.75, 3.05) is 5.32 Å². The fourth-order valence-electron chi connectivity index (χ4n) is 2.06. The molecular weight excluding hydrogens is 331 g/mol. The molecule has 0 bridgehead atoms. The van der Waals surface area contributed by atoms with Crippen molar-refractivity contribution < 1.29 is 9.18 Å². The molecule has 1 atom stereocenters. The second-order valence-corrected chi connectivity index (χ2v) is 6.37. The summed E-state index contributed by atoms with van der Waals surface area (Å²) in [7, 11) is 0. The first-order chi connectivity index (χ1) is 11.5. The number of nitrogens with zero attached hydrogens (tertiary/aromatic N) is 3. The summed E-state index contributed by atoms with van der Waals surface area (Å²) in [5.41, 5.74) is -0.163. The van der Waals surface area contributed by atoms with Gasteiger partial charge in [-0.1, -0.05) is 25.2 Å². The van der Waals surface area contributed by atoms with Crippen LogP contribution in [0.2, 0.25) is 0 Å². The number of amides is 1. The molecule has 1 N–H and O–H groups in total. The lowest BCUT2D eigenvalue weighted by Crippen LogP contribution is -2.23. The monoisotopic (exact) mass is 346 g/mol. The molecule has 1 amide bonds. The molecule has 0 fully saturated rings. The minimum absolute atomic E-state index is 0.0304. The number of fused-ring (bicyclic) bond motifs is 1. The molecule has 0 radical (unpaired) electrons. The minimum atomic E-state index is -0.508. The van der Waals surface area contributed by atoms with Crippen LogP contribution in [0.5, 0.6) is 0 Å². The first kappa shape index (κ1) is 16.3. The average Bonchev–Trinajstić information content (AvgIpc) is 3.02. The predicted octanol–water partition coefficient (Wildman–Crippen LogP) is 3.06. The number of carbonyl (C=O) groups is 1. The van der Waals surface area contributed by atoms with E-state index >= 15 is 0 Å². The van der Waals surface area contributed by atoms with Crippen LogP contribution < -0.4 is 10.9 Å². The van der Waals surface area contributed by atoms with Crippen LogP contribution in [0.15, 0.2) is 35.3 Å². The molecule has 124 valence electrons. The van der Waals surface area contributed by atoms with Crippen molar-refractivity contribution in [3.63, 3.8) is 0 Å². The van der Waals surface area contributed by atoms with Crippen LogP contribution in [0.4, 0.5) is 10.1 Å². The van der Waals surface area contributed by atoms with Gasteiger partial charge in [0.2, 0.25) is 4.96 Å². The summed E-state index contributed by atoms with van der Waals surface area (Å²) in [5.74, 6) is -0.714. The smallest absolute Gasteiger partial charge is 0.298 e. The Hall–Kier alpha value is -2.61. The van der Waals surface area contributed by atoms with E-state index in [2.05, 4.69) is 15.4 Å². The van der Waals surface area contributed by atoms with Gasteiger partial charge in [0.1, 0.15) is 16.5 Å². The van der Waals surface area contributed by atoms with Gasteiger partial charge < -0.3 is 5.32 Å². The van der Waals surface area contributed by atoms with Gasteiger partial charge in [-0.15, -0.1) is 0 Å². The summed E-state index contributed by atoms with van der Waals surface area (Å²) in [6.07, 6.45) is 2.22. The highest BCUT2D eigenvalue weighted by atomic mass is 32.1. The maximum atomic E-state index is 12.9. The molecule has 2 aromatic heterocycles. The molecule has 0 aliphatic carbocycles. The molecule has 24 heavy (non-hydrogen) atoms. The molecule has 0 spiro atoms. The first-order valence-corrected chi connectivity index (χ1v) is 8.27. The normalized spacial score (nSPS) is 12.3. The van der Waals surface area contributed by atoms with Crippen molar-refractivity contribution in [3.05, 3.63) is 57.2 Å². The zero-order valence-corrected chi connectivity index (χ0v) is 13.9. The Morgan fingerprint density at radius 1 is 1.38 bits per heavy atom. The number of benzene rings is 1. The molecule has 0 saturated carbocycles. The van der Waals surface area contributed by atoms with E-state index in [0.717, 1.165) is 11.4 Å². The highest BCUT2D eigenvalue weighted by molar-refractivity contribution is 7.16. The fraction of sp³-hybridized carbons (Fsp3) is 0.250. The molecule has 0 saturated heterocycles. The maximum Gasteiger partial charge on any atom is 0.298 e. The van der Waals surface area contributed by atoms with Gasteiger partial charge in [-0.05, 0) is 30.7 Å². The molecule has 0 aliphatic rings. The third-order valence-corrected chi connectivity index (χ3v) is 4.85. The number of halogens is 1. The number of aromatic nitrogens is 3. The van der Waals surface area contributed by atoms with Gasteiger partial charge in [0.05, 0.1) is 6.20 Å². The lowest BCUT2D eigenvalue weighted by atomic mass is 10.1. The van der Waals surface area contributed by atoms with Crippen molar-refractivity contribution in [2.45, 2.75) is 26.2 Å². The van der Waals surface area contributed by atoms with Gasteiger partial charge >= 0.3 is 0 Å². The molecule has 2 heterocycles. The van der Waals surface area contributed by atoms with Crippen LogP contribution in [0, 0.1) is 5.82 Å². The van der Waals surface area contributed by atoms with Crippen molar-refractivity contribution in [2.24, 2.45) is 0 Å². The molecule has 3 aromatic rings. The number of carbonyl (C=O) groups excluding carboxylic acids is 1. The summed E-state index contributed by atoms with van der Waals surface area (Å²) in [6.45, 7) is 4.07. The molecule has 3 rings (SSSR count). The Labute approximate surface area is 141 Å². The van der Waals surface area contributed by atoms with Crippen molar-refractivity contribution >= 4 is 27.9 Å². The predicted molar refractivity (Wildman–Crippen MR) is 90.2 cm³/mol. The molecule has 8 heteroatoms. The van der Waals surface area contributed by atoms with Crippen molar-refractivity contribution in [3.8, 4) is 0 Å². The Bertz CT molecular complexity index is 949. The largest absolute Gasteiger partial charge is 0.316 e. The Morgan fingerprint density at radius 3 is 2.75 bits per heavy atom. The van der Waals surface area contributed by atoms with E-state index < -0.39 is 17.3 Å². The van der Waals surface area contributed by atoms with Crippen molar-refractivity contribution in [1.82, 2.24) is 14.6 Å². The van der Waals surface area contributed by atoms with Gasteiger partial charge in [0.15, 0.2) is 0 Å². The van der Waals surface area contributed by atoms with E-state index in [1.165, 1.54) is 46.3 Å². The van der Waals surface area contributed by atoms with Crippen molar-refractivity contribution in [1.29, 1.82) is 0 Å². The number of hydrogen-bond acceptors (Lipinski definition) is 5. The van der Waals surface area contributed by atoms with Crippen LogP contribution in [0.25, 0.3) is 4.96 Å². The summed E-state index contributed by atoms with van der Waals surface area (Å²) >= 11 is 1.36. The van der Waals surface area contributed by atoms with Gasteiger partial charge in [0, 0.05) is 11.5 Å². The number of hydrogen-bond donors (Lipinski definition) is 1. The number of nitrogens with one attached hydrogen (secondary N) is 1. The Kier molecular flexibility index (Phi) is 4.39. The van der Waals surface area contributed by atoms with E-state index in [4.69, 9.17) is 0 Å². The van der Waals surface area contributed by atoms with E-state index in [-0.39, 0.29) is 17.2 Å². The third kappa shape index (κ3) is 3.05. The lowest BCUT2D eigenvalue weighted by molar-refractivity contribution is 0.102. The lowest BCUT2D eigenvalue weighted by Gasteiger charge is -2.04. The SMILES string of the molecule is CC[C@@H](C)c1nn2c(=O)c(NC(=O)c3ccc(F)cc3)cnc2s1. The van der Waals surface area contributed by atoms with E-state index in [0.29, 0.717) is 4.96 Å². The average molecular weight is 346 g/mol. The topological polar surface area (TPSA) is 76.4 Å². The quantitative estimate of drug-likeness (QED) is 0.788. The maximum absolute atomic E-state index is 12.9. The minimum Gasteiger partial charge on any atom is -0.316 e. The van der Waals surface area contributed by atoms with Crippen LogP contribution in [-0.2, 0) is 0 Å². The molecular formula is C16H15FN4O2S. The van der Waals surface area contributed by atoms with Crippen LogP contribution in [-0.4, -0.2) is 20.5 Å². The molecule has 1 aromatic carbocycles. The van der Waals surface area contributed by atoms with Gasteiger partial charge in [-0.3, -0.25) is 9.59 Å². The second-order valence-electron chi connectivity index (χ2n) is 5.38.